The van der Waals surface area contributed by atoms with Crippen LogP contribution in [0.5, 0.6) is 0 Å². The molecular weight excluding hydrogens is 631 g/mol. The maximum Gasteiger partial charge on any atom is 0.198 e. The molecule has 5 heteroatoms. The van der Waals surface area contributed by atoms with Crippen LogP contribution in [0.2, 0.25) is 0 Å². The Hall–Kier alpha value is -6.59. The van der Waals surface area contributed by atoms with Gasteiger partial charge >= 0.3 is 0 Å². The van der Waals surface area contributed by atoms with Crippen molar-refractivity contribution in [3.8, 4) is 28.2 Å². The summed E-state index contributed by atoms with van der Waals surface area (Å²) < 4.78 is 4.79. The Morgan fingerprint density at radius 2 is 1.37 bits per heavy atom. The lowest BCUT2D eigenvalue weighted by atomic mass is 9.58. The van der Waals surface area contributed by atoms with Gasteiger partial charge in [0.1, 0.15) is 5.82 Å². The molecule has 2 aromatic heterocycles. The zero-order valence-corrected chi connectivity index (χ0v) is 28.9. The Kier molecular flexibility index (Phi) is 6.15. The number of imidazole rings is 1. The number of aromatic nitrogens is 3. The predicted molar refractivity (Wildman–Crippen MR) is 220 cm³/mol. The zero-order chi connectivity index (χ0) is 34.5. The fourth-order valence-corrected chi connectivity index (χ4v) is 8.59. The van der Waals surface area contributed by atoms with Crippen molar-refractivity contribution >= 4 is 84.0 Å². The molecule has 0 spiro atoms. The molecule has 1 N–H and O–H groups in total. The molecule has 0 amide bonds. The third-order valence-electron chi connectivity index (χ3n) is 11.0. The van der Waals surface area contributed by atoms with Gasteiger partial charge in [-0.25, -0.2) is 4.98 Å². The van der Waals surface area contributed by atoms with E-state index in [1.807, 2.05) is 0 Å². The molecule has 10 aromatic rings. The van der Waals surface area contributed by atoms with Crippen molar-refractivity contribution in [2.45, 2.75) is 6.92 Å². The lowest BCUT2D eigenvalue weighted by Crippen LogP contribution is -2.37. The Balaban J connectivity index is 1.28. The molecule has 8 aromatic carbocycles. The lowest BCUT2D eigenvalue weighted by Gasteiger charge is -2.25. The molecule has 1 aliphatic rings. The van der Waals surface area contributed by atoms with E-state index in [1.165, 1.54) is 71.2 Å². The van der Waals surface area contributed by atoms with Crippen LogP contribution in [0.4, 0.5) is 11.4 Å². The Bertz CT molecular complexity index is 3080. The second-order valence-electron chi connectivity index (χ2n) is 14.0. The molecule has 4 nitrogen and oxygen atoms in total. The number of hydrogen-bond donors (Lipinski definition) is 1. The van der Waals surface area contributed by atoms with Crippen LogP contribution in [0.3, 0.4) is 0 Å². The van der Waals surface area contributed by atoms with E-state index in [0.717, 1.165) is 39.3 Å². The number of nitrogens with one attached hydrogen (secondary N) is 1. The molecule has 11 rings (SSSR count). The normalized spacial score (nSPS) is 12.2. The first kappa shape index (κ1) is 29.2. The fraction of sp³-hybridized carbons (Fsp3) is 0.0426. The summed E-state index contributed by atoms with van der Waals surface area (Å²) in [7, 11) is 4.55. The molecule has 0 saturated carbocycles. The number of hydrogen-bond acceptors (Lipinski definition) is 2. The van der Waals surface area contributed by atoms with Gasteiger partial charge in [0.2, 0.25) is 0 Å². The Morgan fingerprint density at radius 3 is 2.21 bits per heavy atom. The van der Waals surface area contributed by atoms with Crippen molar-refractivity contribution in [3.63, 3.8) is 0 Å². The van der Waals surface area contributed by atoms with Gasteiger partial charge in [0.05, 0.1) is 16.6 Å². The van der Waals surface area contributed by atoms with Crippen LogP contribution in [0, 0.1) is 6.92 Å². The predicted octanol–water partition coefficient (Wildman–Crippen LogP) is 10.3. The number of fused-ring (bicyclic) bond motifs is 10. The fourth-order valence-electron chi connectivity index (χ4n) is 8.59. The molecule has 0 fully saturated rings. The average Bonchev–Trinajstić information content (AvgIpc) is 3.71. The Morgan fingerprint density at radius 1 is 0.635 bits per heavy atom. The molecule has 52 heavy (non-hydrogen) atoms. The molecule has 0 atom stereocenters. The van der Waals surface area contributed by atoms with Gasteiger partial charge in [0, 0.05) is 56.9 Å². The molecule has 3 heterocycles. The zero-order valence-electron chi connectivity index (χ0n) is 28.9. The van der Waals surface area contributed by atoms with E-state index < -0.39 is 0 Å². The van der Waals surface area contributed by atoms with Crippen molar-refractivity contribution in [1.29, 1.82) is 0 Å². The molecule has 243 valence electrons. The van der Waals surface area contributed by atoms with Gasteiger partial charge in [0.15, 0.2) is 7.28 Å². The molecular formula is C47H32BN4. The van der Waals surface area contributed by atoms with Gasteiger partial charge in [0.25, 0.3) is 0 Å². The third-order valence-corrected chi connectivity index (χ3v) is 11.0. The summed E-state index contributed by atoms with van der Waals surface area (Å²) in [4.78, 5) is 5.22. The summed E-state index contributed by atoms with van der Waals surface area (Å²) in [5.74, 6) is 0.964. The van der Waals surface area contributed by atoms with Crippen molar-refractivity contribution < 1.29 is 0 Å². The van der Waals surface area contributed by atoms with E-state index in [1.54, 1.807) is 0 Å². The minimum absolute atomic E-state index is 0.964. The molecule has 0 aliphatic carbocycles. The summed E-state index contributed by atoms with van der Waals surface area (Å²) in [5, 5.41) is 11.3. The maximum atomic E-state index is 5.22. The summed E-state index contributed by atoms with van der Waals surface area (Å²) >= 11 is 0. The first-order valence-electron chi connectivity index (χ1n) is 17.9. The van der Waals surface area contributed by atoms with Gasteiger partial charge in [-0.1, -0.05) is 132 Å². The number of nitrogens with zero attached hydrogens (tertiary/aromatic N) is 3. The summed E-state index contributed by atoms with van der Waals surface area (Å²) in [6.07, 6.45) is 0. The number of anilines is 2. The molecule has 1 aliphatic heterocycles. The molecule has 0 saturated heterocycles. The van der Waals surface area contributed by atoms with Crippen molar-refractivity contribution in [3.05, 3.63) is 157 Å². The highest BCUT2D eigenvalue weighted by atomic mass is 15.1. The van der Waals surface area contributed by atoms with Gasteiger partial charge in [-0.15, -0.1) is 0 Å². The van der Waals surface area contributed by atoms with Crippen LogP contribution in [0.25, 0.3) is 82.6 Å². The summed E-state index contributed by atoms with van der Waals surface area (Å²) in [5.41, 5.74) is 15.0. The molecule has 1 radical (unpaired) electrons. The minimum atomic E-state index is 0.964. The van der Waals surface area contributed by atoms with Crippen LogP contribution in [0.1, 0.15) is 5.56 Å². The second-order valence-corrected chi connectivity index (χ2v) is 14.0. The third kappa shape index (κ3) is 4.14. The smallest absolute Gasteiger partial charge is 0.198 e. The minimum Gasteiger partial charge on any atom is -0.355 e. The highest BCUT2D eigenvalue weighted by Gasteiger charge is 2.30. The van der Waals surface area contributed by atoms with Crippen LogP contribution >= 0.6 is 0 Å². The molecule has 0 unspecified atom stereocenters. The summed E-state index contributed by atoms with van der Waals surface area (Å²) in [6.45, 7) is 2.13. The van der Waals surface area contributed by atoms with Gasteiger partial charge in [-0.3, -0.25) is 0 Å². The number of rotatable bonds is 4. The highest BCUT2D eigenvalue weighted by molar-refractivity contribution is 6.74. The summed E-state index contributed by atoms with van der Waals surface area (Å²) in [6, 6.07) is 54.9. The van der Waals surface area contributed by atoms with Crippen LogP contribution < -0.4 is 16.2 Å². The first-order chi connectivity index (χ1) is 25.6. The Labute approximate surface area is 301 Å². The van der Waals surface area contributed by atoms with Gasteiger partial charge < -0.3 is 14.5 Å². The van der Waals surface area contributed by atoms with Gasteiger partial charge in [-0.05, 0) is 64.4 Å². The number of para-hydroxylation sites is 1. The largest absolute Gasteiger partial charge is 0.355 e. The topological polar surface area (TPSA) is 34.8 Å². The van der Waals surface area contributed by atoms with E-state index in [2.05, 4.69) is 187 Å². The average molecular weight is 664 g/mol. The van der Waals surface area contributed by atoms with Crippen molar-refractivity contribution in [2.75, 3.05) is 5.32 Å². The van der Waals surface area contributed by atoms with E-state index >= 15 is 0 Å². The first-order valence-corrected chi connectivity index (χ1v) is 17.9. The quantitative estimate of drug-likeness (QED) is 0.190. The van der Waals surface area contributed by atoms with E-state index in [-0.39, 0.29) is 0 Å². The standard InChI is InChI=1S/C47H32BN4/c1-28-20-23-31(24-21-28)49-38-19-11-10-18-35(38)42-33-16-8-9-17-34(33)43-36-25-22-29-12-6-7-15-32(29)45(36)52-40-27-41-39(26-37(40)48-44(42)46(43)52)50-47(51(41)2)30-13-4-3-5-14-30/h3-27,49H,1-2H3. The van der Waals surface area contributed by atoms with Gasteiger partial charge in [-0.2, -0.15) is 0 Å². The SMILES string of the molecule is Cc1ccc(Nc2ccccc2-c2c3c4c(c5ccccc25)c2ccc5ccccc5c2n4-c2cc4c(cc2[B]3)nc(-c2ccccc2)n4C)cc1. The number of aryl methyl sites for hydroxylation is 2. The van der Waals surface area contributed by atoms with Crippen molar-refractivity contribution in [2.24, 2.45) is 7.05 Å². The second kappa shape index (κ2) is 11.0. The van der Waals surface area contributed by atoms with E-state index in [9.17, 15) is 0 Å². The maximum absolute atomic E-state index is 5.22. The molecule has 0 bridgehead atoms. The van der Waals surface area contributed by atoms with Crippen LogP contribution in [-0.4, -0.2) is 21.4 Å². The lowest BCUT2D eigenvalue weighted by molar-refractivity contribution is 0.958. The highest BCUT2D eigenvalue weighted by Crippen LogP contribution is 2.45. The van der Waals surface area contributed by atoms with E-state index in [4.69, 9.17) is 4.98 Å². The van der Waals surface area contributed by atoms with E-state index in [0.29, 0.717) is 0 Å². The number of benzene rings is 8. The van der Waals surface area contributed by atoms with Crippen LogP contribution in [-0.2, 0) is 7.05 Å². The monoisotopic (exact) mass is 663 g/mol. The van der Waals surface area contributed by atoms with Crippen molar-refractivity contribution in [1.82, 2.24) is 14.1 Å². The van der Waals surface area contributed by atoms with Crippen LogP contribution in [0.15, 0.2) is 152 Å².